The van der Waals surface area contributed by atoms with E-state index >= 15 is 0 Å². The van der Waals surface area contributed by atoms with Gasteiger partial charge in [-0.3, -0.25) is 0 Å². The van der Waals surface area contributed by atoms with Crippen LogP contribution in [0.3, 0.4) is 0 Å². The van der Waals surface area contributed by atoms with E-state index in [9.17, 15) is 19.8 Å². The number of aliphatic hydroxyl groups is 2. The minimum Gasteiger partial charge on any atom is -0.458 e. The summed E-state index contributed by atoms with van der Waals surface area (Å²) in [6, 6.07) is 0.131. The van der Waals surface area contributed by atoms with Gasteiger partial charge >= 0.3 is 12.0 Å². The maximum atomic E-state index is 12.6. The van der Waals surface area contributed by atoms with Crippen molar-refractivity contribution in [2.75, 3.05) is 32.8 Å². The van der Waals surface area contributed by atoms with E-state index in [1.807, 2.05) is 0 Å². The molecular formula is C30H47N3O5. The van der Waals surface area contributed by atoms with Crippen LogP contribution in [0.4, 0.5) is 4.79 Å². The molecule has 2 heterocycles. The summed E-state index contributed by atoms with van der Waals surface area (Å²) in [6.07, 6.45) is 10.6. The second kappa shape index (κ2) is 9.77. The normalized spacial score (nSPS) is 46.5. The van der Waals surface area contributed by atoms with Gasteiger partial charge in [0.15, 0.2) is 0 Å². The van der Waals surface area contributed by atoms with Crippen LogP contribution in [0, 0.1) is 34.5 Å². The number of rotatable bonds is 5. The molecule has 4 aliphatic carbocycles. The first kappa shape index (κ1) is 26.6. The van der Waals surface area contributed by atoms with Gasteiger partial charge in [0.25, 0.3) is 0 Å². The number of urea groups is 1. The number of aliphatic hydroxyl groups excluding tert-OH is 1. The third kappa shape index (κ3) is 4.12. The van der Waals surface area contributed by atoms with E-state index in [4.69, 9.17) is 4.74 Å². The lowest BCUT2D eigenvalue weighted by atomic mass is 9.42. The summed E-state index contributed by atoms with van der Waals surface area (Å²) in [5.74, 6) is 0.566. The summed E-state index contributed by atoms with van der Waals surface area (Å²) in [4.78, 5) is 26.8. The quantitative estimate of drug-likeness (QED) is 0.408. The number of fused-ring (bicyclic) bond motifs is 5. The molecule has 0 radical (unpaired) electrons. The van der Waals surface area contributed by atoms with E-state index < -0.39 is 17.1 Å². The number of esters is 1. The molecule has 6 rings (SSSR count). The fourth-order valence-electron chi connectivity index (χ4n) is 10.1. The number of likely N-dealkylation sites (tertiary alicyclic amines) is 1. The molecule has 0 aromatic carbocycles. The molecular weight excluding hydrogens is 482 g/mol. The fraction of sp³-hybridized carbons (Fsp3) is 0.867. The van der Waals surface area contributed by atoms with Crippen molar-refractivity contribution in [3.05, 3.63) is 11.6 Å². The number of carbonyl (C=O) groups excluding carboxylic acids is 2. The summed E-state index contributed by atoms with van der Waals surface area (Å²) < 4.78 is 5.22. The molecule has 9 atom stereocenters. The second-order valence-electron chi connectivity index (χ2n) is 13.8. The lowest BCUT2D eigenvalue weighted by molar-refractivity contribution is -0.242. The highest BCUT2D eigenvalue weighted by atomic mass is 16.5. The molecule has 1 saturated heterocycles. The summed E-state index contributed by atoms with van der Waals surface area (Å²) >= 11 is 0. The van der Waals surface area contributed by atoms with Gasteiger partial charge in [-0.25, -0.2) is 9.59 Å². The second-order valence-corrected chi connectivity index (χ2v) is 13.8. The van der Waals surface area contributed by atoms with Crippen molar-refractivity contribution < 1.29 is 24.5 Å². The Balaban J connectivity index is 1.11. The molecule has 5 fully saturated rings. The zero-order valence-electron chi connectivity index (χ0n) is 23.2. The van der Waals surface area contributed by atoms with Crippen molar-refractivity contribution in [3.63, 3.8) is 0 Å². The first-order valence-electron chi connectivity index (χ1n) is 15.2. The van der Waals surface area contributed by atoms with Crippen LogP contribution in [0.2, 0.25) is 0 Å². The van der Waals surface area contributed by atoms with E-state index in [0.29, 0.717) is 25.3 Å². The summed E-state index contributed by atoms with van der Waals surface area (Å²) in [5.41, 5.74) is -0.612. The smallest absolute Gasteiger partial charge is 0.331 e. The Morgan fingerprint density at radius 1 is 1.11 bits per heavy atom. The maximum absolute atomic E-state index is 12.6. The van der Waals surface area contributed by atoms with Crippen LogP contribution >= 0.6 is 0 Å². The van der Waals surface area contributed by atoms with Crippen molar-refractivity contribution in [1.82, 2.24) is 15.5 Å². The van der Waals surface area contributed by atoms with E-state index in [-0.39, 0.29) is 47.8 Å². The molecule has 6 aliphatic rings. The van der Waals surface area contributed by atoms with Gasteiger partial charge < -0.3 is 30.5 Å². The van der Waals surface area contributed by atoms with Gasteiger partial charge in [-0.15, -0.1) is 0 Å². The largest absolute Gasteiger partial charge is 0.458 e. The van der Waals surface area contributed by atoms with Crippen molar-refractivity contribution in [2.45, 2.75) is 95.8 Å². The van der Waals surface area contributed by atoms with Gasteiger partial charge in [-0.05, 0) is 112 Å². The zero-order chi connectivity index (χ0) is 26.7. The number of amides is 2. The molecule has 0 aromatic rings. The molecule has 0 unspecified atom stereocenters. The third-order valence-electron chi connectivity index (χ3n) is 12.3. The Labute approximate surface area is 226 Å². The van der Waals surface area contributed by atoms with Crippen LogP contribution in [0.25, 0.3) is 0 Å². The predicted molar refractivity (Wildman–Crippen MR) is 143 cm³/mol. The van der Waals surface area contributed by atoms with Crippen LogP contribution < -0.4 is 10.6 Å². The Bertz CT molecular complexity index is 981. The number of carbonyl (C=O) groups is 2. The molecule has 2 aliphatic heterocycles. The first-order valence-corrected chi connectivity index (χ1v) is 15.2. The summed E-state index contributed by atoms with van der Waals surface area (Å²) in [7, 11) is 0. The van der Waals surface area contributed by atoms with Gasteiger partial charge in [-0.2, -0.15) is 0 Å². The topological polar surface area (TPSA) is 111 Å². The lowest BCUT2D eigenvalue weighted by Crippen LogP contribution is -2.67. The zero-order valence-corrected chi connectivity index (χ0v) is 23.2. The van der Waals surface area contributed by atoms with E-state index in [1.54, 1.807) is 6.08 Å². The molecule has 0 aromatic heterocycles. The molecule has 0 spiro atoms. The van der Waals surface area contributed by atoms with Gasteiger partial charge in [0.05, 0.1) is 11.7 Å². The minimum atomic E-state index is -0.940. The average molecular weight is 530 g/mol. The van der Waals surface area contributed by atoms with Gasteiger partial charge in [0, 0.05) is 30.6 Å². The van der Waals surface area contributed by atoms with Crippen LogP contribution in [-0.4, -0.2) is 77.6 Å². The average Bonchev–Trinajstić information content (AvgIpc) is 3.61. The van der Waals surface area contributed by atoms with Crippen LogP contribution in [0.1, 0.15) is 78.1 Å². The Kier molecular flexibility index (Phi) is 6.83. The summed E-state index contributed by atoms with van der Waals surface area (Å²) in [6.45, 7) is 8.64. The Hall–Kier alpha value is -1.64. The number of nitrogens with zero attached hydrogens (tertiary/aromatic N) is 1. The minimum absolute atomic E-state index is 0.0238. The molecule has 4 saturated carbocycles. The number of ether oxygens (including phenoxy) is 1. The number of hydrogen-bond donors (Lipinski definition) is 4. The molecule has 0 bridgehead atoms. The first-order chi connectivity index (χ1) is 18.1. The van der Waals surface area contributed by atoms with Gasteiger partial charge in [0.1, 0.15) is 6.61 Å². The van der Waals surface area contributed by atoms with Crippen molar-refractivity contribution in [1.29, 1.82) is 0 Å². The Morgan fingerprint density at radius 3 is 2.63 bits per heavy atom. The molecule has 212 valence electrons. The van der Waals surface area contributed by atoms with E-state index in [1.165, 1.54) is 12.8 Å². The monoisotopic (exact) mass is 529 g/mol. The third-order valence-corrected chi connectivity index (χ3v) is 12.3. The Morgan fingerprint density at radius 2 is 1.89 bits per heavy atom. The highest BCUT2D eigenvalue weighted by Crippen LogP contribution is 2.69. The molecule has 8 heteroatoms. The molecule has 8 nitrogen and oxygen atoms in total. The van der Waals surface area contributed by atoms with Crippen LogP contribution in [-0.2, 0) is 9.53 Å². The van der Waals surface area contributed by atoms with Crippen molar-refractivity contribution in [2.24, 2.45) is 34.5 Å². The highest BCUT2D eigenvalue weighted by Gasteiger charge is 2.70. The predicted octanol–water partition coefficient (Wildman–Crippen LogP) is 2.98. The molecule has 38 heavy (non-hydrogen) atoms. The van der Waals surface area contributed by atoms with Crippen molar-refractivity contribution in [3.8, 4) is 0 Å². The molecule has 2 amide bonds. The van der Waals surface area contributed by atoms with E-state index in [2.05, 4.69) is 29.4 Å². The number of cyclic esters (lactones) is 1. The maximum Gasteiger partial charge on any atom is 0.331 e. The summed E-state index contributed by atoms with van der Waals surface area (Å²) in [5, 5.41) is 30.4. The molecule has 4 N–H and O–H groups in total. The van der Waals surface area contributed by atoms with Gasteiger partial charge in [-0.1, -0.05) is 13.8 Å². The lowest BCUT2D eigenvalue weighted by Gasteiger charge is -2.65. The van der Waals surface area contributed by atoms with Crippen molar-refractivity contribution >= 4 is 12.0 Å². The fourth-order valence-corrected chi connectivity index (χ4v) is 10.1. The SMILES string of the molecule is C[C@@]12CC[C@@H](NC(=O)NCCN3CCCC3)C[C@H]1CC[C@@H]1[C@H]2C[C@@H](O)[C@@]2(C)[C@@H](C3=CC(=O)OC3)CC[C@@]12O. The number of hydrogen-bond acceptors (Lipinski definition) is 6. The van der Waals surface area contributed by atoms with E-state index in [0.717, 1.165) is 63.7 Å². The van der Waals surface area contributed by atoms with Crippen LogP contribution in [0.15, 0.2) is 11.6 Å². The van der Waals surface area contributed by atoms with Gasteiger partial charge in [0.2, 0.25) is 0 Å². The van der Waals surface area contributed by atoms with Crippen LogP contribution in [0.5, 0.6) is 0 Å². The highest BCUT2D eigenvalue weighted by molar-refractivity contribution is 5.85. The number of nitrogens with one attached hydrogen (secondary N) is 2. The standard InChI is InChI=1S/C30H47N3O5/c1-28-9-7-21(32-27(36)31-11-14-33-12-3-4-13-33)16-20(28)5-6-23-24(28)17-25(34)29(2)22(8-10-30(23,29)37)19-15-26(35)38-18-19/h15,20-25,34,37H,3-14,16-18H2,1-2H3,(H2,31,32,36)/t20-,21-,22-,23-,24-,25-,28-,29-,30-/m1/s1.